The Morgan fingerprint density at radius 1 is 0.952 bits per heavy atom. The van der Waals surface area contributed by atoms with Crippen LogP contribution < -0.4 is 0 Å². The molecule has 4 nitrogen and oxygen atoms in total. The molecule has 12 heteroatoms. The number of rotatable bonds is 4. The maximum Gasteiger partial charge on any atom is 0.498 e. The lowest BCUT2D eigenvalue weighted by molar-refractivity contribution is -0.0471. The molecule has 0 aromatic carbocycles. The van der Waals surface area contributed by atoms with Gasteiger partial charge < -0.3 is 0 Å². The van der Waals surface area contributed by atoms with Crippen molar-refractivity contribution in [3.63, 3.8) is 0 Å². The van der Waals surface area contributed by atoms with Crippen molar-refractivity contribution in [3.8, 4) is 0 Å². The highest BCUT2D eigenvalue weighted by Gasteiger charge is 2.62. The van der Waals surface area contributed by atoms with Gasteiger partial charge in [0.25, 0.3) is 19.7 Å². The minimum Gasteiger partial charge on any atom is -0.218 e. The summed E-state index contributed by atoms with van der Waals surface area (Å²) in [5.74, 6) is 0. The smallest absolute Gasteiger partial charge is 0.218 e. The Morgan fingerprint density at radius 3 is 1.67 bits per heavy atom. The number of halogens is 6. The van der Waals surface area contributed by atoms with Gasteiger partial charge in [-0.1, -0.05) is 11.6 Å². The molecule has 0 radical (unpaired) electrons. The topological polar surface area (TPSA) is 68.3 Å². The second kappa shape index (κ2) is 5.45. The number of allylic oxidation sites excluding steroid dienone is 2. The van der Waals surface area contributed by atoms with E-state index in [0.717, 1.165) is 0 Å². The second-order valence-electron chi connectivity index (χ2n) is 4.37. The van der Waals surface area contributed by atoms with E-state index in [1.165, 1.54) is 6.08 Å². The molecule has 0 aromatic heterocycles. The molecule has 0 atom stereocenters. The van der Waals surface area contributed by atoms with Crippen molar-refractivity contribution in [2.75, 3.05) is 0 Å². The van der Waals surface area contributed by atoms with Crippen molar-refractivity contribution in [1.29, 1.82) is 0 Å². The molecular formula is C9H10F6O4S2. The van der Waals surface area contributed by atoms with Crippen LogP contribution in [0.3, 0.4) is 0 Å². The van der Waals surface area contributed by atoms with Crippen molar-refractivity contribution in [1.82, 2.24) is 0 Å². The Labute approximate surface area is 116 Å². The van der Waals surface area contributed by atoms with E-state index >= 15 is 0 Å². The molecule has 0 fully saturated rings. The van der Waals surface area contributed by atoms with E-state index in [9.17, 15) is 43.2 Å². The standard InChI is InChI=1S/C9H10F6O4S2/c10-8(11,12)20(16,17)7(5-6-3-1-2-4-6)21(18,19)9(13,14)15/h3,7H,1-2,4-5H2. The summed E-state index contributed by atoms with van der Waals surface area (Å²) < 4.78 is 116. The van der Waals surface area contributed by atoms with E-state index < -0.39 is 41.7 Å². The molecule has 1 rings (SSSR count). The lowest BCUT2D eigenvalue weighted by Crippen LogP contribution is -2.45. The molecule has 0 aliphatic heterocycles. The first-order valence-corrected chi connectivity index (χ1v) is 8.59. The third-order valence-electron chi connectivity index (χ3n) is 2.90. The predicted octanol–water partition coefficient (Wildman–Crippen LogP) is 2.68. The molecule has 0 amide bonds. The zero-order valence-corrected chi connectivity index (χ0v) is 11.8. The normalized spacial score (nSPS) is 18.1. The summed E-state index contributed by atoms with van der Waals surface area (Å²) in [7, 11) is -13.0. The molecular weight excluding hydrogens is 350 g/mol. The predicted molar refractivity (Wildman–Crippen MR) is 60.3 cm³/mol. The van der Waals surface area contributed by atoms with Crippen LogP contribution in [-0.2, 0) is 19.7 Å². The van der Waals surface area contributed by atoms with Crippen LogP contribution in [0.4, 0.5) is 26.3 Å². The average Bonchev–Trinajstić information content (AvgIpc) is 2.74. The molecule has 0 heterocycles. The molecule has 0 N–H and O–H groups in total. The van der Waals surface area contributed by atoms with Crippen LogP contribution in [0.2, 0.25) is 0 Å². The quantitative estimate of drug-likeness (QED) is 0.571. The van der Waals surface area contributed by atoms with E-state index in [4.69, 9.17) is 0 Å². The van der Waals surface area contributed by atoms with E-state index in [1.807, 2.05) is 0 Å². The summed E-state index contributed by atoms with van der Waals surface area (Å²) in [6.07, 6.45) is 0.756. The van der Waals surface area contributed by atoms with Crippen LogP contribution in [0, 0.1) is 0 Å². The Hall–Kier alpha value is -0.780. The van der Waals surface area contributed by atoms with Gasteiger partial charge >= 0.3 is 11.0 Å². The molecule has 0 aromatic rings. The largest absolute Gasteiger partial charge is 0.498 e. The molecule has 1 aliphatic rings. The van der Waals surface area contributed by atoms with Crippen LogP contribution in [0.5, 0.6) is 0 Å². The van der Waals surface area contributed by atoms with Gasteiger partial charge in [0.2, 0.25) is 0 Å². The Morgan fingerprint density at radius 2 is 1.38 bits per heavy atom. The highest BCUT2D eigenvalue weighted by molar-refractivity contribution is 8.09. The van der Waals surface area contributed by atoms with Gasteiger partial charge in [-0.25, -0.2) is 16.8 Å². The number of hydrogen-bond donors (Lipinski definition) is 0. The fourth-order valence-electron chi connectivity index (χ4n) is 1.82. The molecule has 0 spiro atoms. The maximum absolute atomic E-state index is 12.4. The first-order valence-electron chi connectivity index (χ1n) is 5.49. The Balaban J connectivity index is 3.38. The SMILES string of the molecule is O=S(=O)(C(CC1=CCCC1)S(=O)(=O)C(F)(F)F)C(F)(F)F. The first kappa shape index (κ1) is 18.3. The van der Waals surface area contributed by atoms with Crippen LogP contribution in [0.15, 0.2) is 11.6 Å². The lowest BCUT2D eigenvalue weighted by atomic mass is 10.2. The lowest BCUT2D eigenvalue weighted by Gasteiger charge is -2.21. The van der Waals surface area contributed by atoms with Gasteiger partial charge in [-0.3, -0.25) is 0 Å². The fourth-order valence-corrected chi connectivity index (χ4v) is 5.27. The zero-order chi connectivity index (χ0) is 16.7. The summed E-state index contributed by atoms with van der Waals surface area (Å²) in [4.78, 5) is 0. The van der Waals surface area contributed by atoms with Crippen molar-refractivity contribution in [3.05, 3.63) is 11.6 Å². The molecule has 0 saturated carbocycles. The Kier molecular flexibility index (Phi) is 4.74. The first-order chi connectivity index (χ1) is 9.21. The molecule has 0 unspecified atom stereocenters. The van der Waals surface area contributed by atoms with Gasteiger partial charge in [0.05, 0.1) is 0 Å². The van der Waals surface area contributed by atoms with Crippen molar-refractivity contribution >= 4 is 19.7 Å². The van der Waals surface area contributed by atoms with E-state index in [-0.39, 0.29) is 12.0 Å². The van der Waals surface area contributed by atoms with Gasteiger partial charge in [-0.15, -0.1) is 0 Å². The highest BCUT2D eigenvalue weighted by Crippen LogP contribution is 2.40. The minimum atomic E-state index is -6.52. The van der Waals surface area contributed by atoms with Gasteiger partial charge in [-0.2, -0.15) is 26.3 Å². The molecule has 0 bridgehead atoms. The molecule has 0 saturated heterocycles. The number of hydrogen-bond acceptors (Lipinski definition) is 4. The van der Waals surface area contributed by atoms with Crippen molar-refractivity contribution in [2.45, 2.75) is 41.3 Å². The summed E-state index contributed by atoms with van der Waals surface area (Å²) in [5, 5.41) is 0. The van der Waals surface area contributed by atoms with Crippen LogP contribution in [0.1, 0.15) is 25.7 Å². The number of alkyl halides is 6. The minimum absolute atomic E-state index is 0.0411. The molecule has 124 valence electrons. The van der Waals surface area contributed by atoms with E-state index in [2.05, 4.69) is 0 Å². The van der Waals surface area contributed by atoms with Crippen molar-refractivity contribution in [2.24, 2.45) is 0 Å². The summed E-state index contributed by atoms with van der Waals surface area (Å²) in [5.41, 5.74) is -12.2. The van der Waals surface area contributed by atoms with E-state index in [1.54, 1.807) is 0 Å². The fraction of sp³-hybridized carbons (Fsp3) is 0.778. The van der Waals surface area contributed by atoms with Crippen LogP contribution in [0.25, 0.3) is 0 Å². The summed E-state index contributed by atoms with van der Waals surface area (Å²) in [6.45, 7) is 0. The van der Waals surface area contributed by atoms with Crippen LogP contribution in [-0.4, -0.2) is 32.4 Å². The van der Waals surface area contributed by atoms with Gasteiger partial charge in [0, 0.05) is 6.42 Å². The van der Waals surface area contributed by atoms with Gasteiger partial charge in [-0.05, 0) is 19.3 Å². The van der Waals surface area contributed by atoms with E-state index in [0.29, 0.717) is 12.8 Å². The monoisotopic (exact) mass is 360 g/mol. The van der Waals surface area contributed by atoms with Gasteiger partial charge in [0.1, 0.15) is 0 Å². The van der Waals surface area contributed by atoms with Gasteiger partial charge in [0.15, 0.2) is 4.58 Å². The van der Waals surface area contributed by atoms with Crippen LogP contribution >= 0.6 is 0 Å². The summed E-state index contributed by atoms with van der Waals surface area (Å²) >= 11 is 0. The second-order valence-corrected chi connectivity index (χ2v) is 8.91. The van der Waals surface area contributed by atoms with Crippen molar-refractivity contribution < 1.29 is 43.2 Å². The molecule has 21 heavy (non-hydrogen) atoms. The zero-order valence-electron chi connectivity index (χ0n) is 10.2. The third-order valence-corrected chi connectivity index (χ3v) is 7.43. The Bertz CT molecular complexity index is 582. The molecule has 1 aliphatic carbocycles. The average molecular weight is 360 g/mol. The maximum atomic E-state index is 12.4. The summed E-state index contributed by atoms with van der Waals surface area (Å²) in [6, 6.07) is 0. The highest BCUT2D eigenvalue weighted by atomic mass is 32.3. The third kappa shape index (κ3) is 3.52. The number of sulfone groups is 2.